The molecule has 0 fully saturated rings. The van der Waals surface area contributed by atoms with Crippen LogP contribution in [0.2, 0.25) is 0 Å². The molecule has 5 rings (SSSR count). The normalized spacial score (nSPS) is 12.2. The summed E-state index contributed by atoms with van der Waals surface area (Å²) in [7, 11) is -19.2. The summed E-state index contributed by atoms with van der Waals surface area (Å²) in [6.07, 6.45) is -0.315. The van der Waals surface area contributed by atoms with Crippen LogP contribution in [-0.4, -0.2) is 76.3 Å². The molecule has 1 heterocycles. The van der Waals surface area contributed by atoms with Gasteiger partial charge in [0.05, 0.1) is 55.2 Å². The van der Waals surface area contributed by atoms with E-state index in [0.717, 1.165) is 17.4 Å². The molecule has 0 radical (unpaired) electrons. The second-order valence-corrected chi connectivity index (χ2v) is 17.4. The van der Waals surface area contributed by atoms with Gasteiger partial charge in [-0.25, -0.2) is 21.8 Å². The van der Waals surface area contributed by atoms with E-state index in [4.69, 9.17) is 9.47 Å². The first-order valence-electron chi connectivity index (χ1n) is 14.4. The van der Waals surface area contributed by atoms with Crippen LogP contribution in [-0.2, 0) is 40.5 Å². The Morgan fingerprint density at radius 1 is 0.759 bits per heavy atom. The predicted molar refractivity (Wildman–Crippen MR) is 181 cm³/mol. The molecule has 1 aromatic heterocycles. The van der Waals surface area contributed by atoms with Gasteiger partial charge in [-0.15, -0.1) is 20.5 Å². The van der Waals surface area contributed by atoms with Gasteiger partial charge in [0, 0.05) is 17.2 Å². The maximum absolute atomic E-state index is 13.4. The molecular weight excluding hydrogens is 850 g/mol. The Bertz CT molecular complexity index is 2880. The van der Waals surface area contributed by atoms with Crippen molar-refractivity contribution in [2.75, 3.05) is 19.5 Å². The van der Waals surface area contributed by atoms with Crippen LogP contribution in [0.25, 0.3) is 21.0 Å². The topological polar surface area (TPSA) is 350 Å². The van der Waals surface area contributed by atoms with Crippen LogP contribution in [0.15, 0.2) is 77.6 Å². The van der Waals surface area contributed by atoms with Gasteiger partial charge in [0.15, 0.2) is 4.90 Å². The molecule has 0 bridgehead atoms. The number of aromatic nitrogens is 1. The first kappa shape index (κ1) is 53.5. The SMILES string of the molecule is COc1ccc2nc(N=Nc3cc(OCCCS(=O)(=O)[O-])c(N=Nc4c(S(=O)(=O)[O-])cc5c(S(=O)(=O)O)c([O-])ccc5c4[O-])cc3C)sc2c1S(=O)(=O)O.[Li+].[Li+].[Li+].[Li+]. The van der Waals surface area contributed by atoms with Gasteiger partial charge in [-0.1, -0.05) is 35.0 Å². The van der Waals surface area contributed by atoms with Crippen LogP contribution >= 0.6 is 11.3 Å². The molecule has 0 aliphatic rings. The number of rotatable bonds is 13. The molecule has 288 valence electrons. The van der Waals surface area contributed by atoms with Crippen molar-refractivity contribution in [3.05, 3.63) is 48.0 Å². The van der Waals surface area contributed by atoms with Gasteiger partial charge in [0.1, 0.15) is 27.3 Å². The van der Waals surface area contributed by atoms with Gasteiger partial charge in [-0.05, 0) is 48.6 Å². The molecular formula is C28H21Li4N5O16S5. The fraction of sp³-hybridized carbons (Fsp3) is 0.179. The molecule has 0 saturated carbocycles. The fourth-order valence-corrected chi connectivity index (χ4v) is 8.76. The van der Waals surface area contributed by atoms with E-state index in [9.17, 15) is 62.1 Å². The molecule has 0 saturated heterocycles. The van der Waals surface area contributed by atoms with Crippen molar-refractivity contribution < 1.29 is 147 Å². The molecule has 58 heavy (non-hydrogen) atoms. The Kier molecular flexibility index (Phi) is 18.8. The average molecular weight is 872 g/mol. The van der Waals surface area contributed by atoms with Crippen molar-refractivity contribution >= 4 is 95.0 Å². The maximum atomic E-state index is 13.4. The largest absolute Gasteiger partial charge is 1.00 e. The second kappa shape index (κ2) is 20.3. The van der Waals surface area contributed by atoms with Crippen molar-refractivity contribution in [2.45, 2.75) is 28.0 Å². The number of nitrogens with zero attached hydrogens (tertiary/aromatic N) is 5. The molecule has 0 aliphatic carbocycles. The van der Waals surface area contributed by atoms with Gasteiger partial charge in [-0.3, -0.25) is 9.11 Å². The number of benzene rings is 4. The van der Waals surface area contributed by atoms with Crippen molar-refractivity contribution in [3.8, 4) is 23.0 Å². The molecule has 0 unspecified atom stereocenters. The third kappa shape index (κ3) is 12.3. The summed E-state index contributed by atoms with van der Waals surface area (Å²) in [5, 5.41) is 39.6. The molecule has 0 amide bonds. The molecule has 0 aliphatic heterocycles. The van der Waals surface area contributed by atoms with E-state index >= 15 is 0 Å². The maximum Gasteiger partial charge on any atom is 1.00 e. The molecule has 21 nitrogen and oxygen atoms in total. The van der Waals surface area contributed by atoms with E-state index in [1.165, 1.54) is 38.3 Å². The number of methoxy groups -OCH3 is 1. The minimum atomic E-state index is -5.63. The molecule has 0 atom stereocenters. The van der Waals surface area contributed by atoms with Crippen molar-refractivity contribution in [1.29, 1.82) is 0 Å². The van der Waals surface area contributed by atoms with Gasteiger partial charge < -0.3 is 28.8 Å². The number of hydrogen-bond donors (Lipinski definition) is 2. The Hall–Kier alpha value is -2.54. The number of aryl methyl sites for hydroxylation is 1. The van der Waals surface area contributed by atoms with Crippen LogP contribution in [0, 0.1) is 6.92 Å². The van der Waals surface area contributed by atoms with Crippen molar-refractivity contribution in [3.63, 3.8) is 0 Å². The summed E-state index contributed by atoms with van der Waals surface area (Å²) in [5.74, 6) is -3.91. The summed E-state index contributed by atoms with van der Waals surface area (Å²) < 4.78 is 148. The predicted octanol–water partition coefficient (Wildman–Crippen LogP) is -8.53. The minimum Gasteiger partial charge on any atom is -0.872 e. The monoisotopic (exact) mass is 871 g/mol. The zero-order valence-corrected chi connectivity index (χ0v) is 35.1. The first-order chi connectivity index (χ1) is 25.0. The molecule has 4 aromatic carbocycles. The first-order valence-corrected chi connectivity index (χ1v) is 21.1. The molecule has 0 spiro atoms. The van der Waals surface area contributed by atoms with Gasteiger partial charge in [0.2, 0.25) is 5.13 Å². The summed E-state index contributed by atoms with van der Waals surface area (Å²) in [6, 6.07) is 6.92. The number of fused-ring (bicyclic) bond motifs is 2. The fourth-order valence-electron chi connectivity index (χ4n) is 4.88. The van der Waals surface area contributed by atoms with E-state index in [-0.39, 0.29) is 126 Å². The average Bonchev–Trinajstić information content (AvgIpc) is 3.46. The summed E-state index contributed by atoms with van der Waals surface area (Å²) in [6.45, 7) is 1.06. The van der Waals surface area contributed by atoms with Gasteiger partial charge in [0.25, 0.3) is 20.2 Å². The standard InChI is InChI=1S/C28H25N5O16S5.4Li/c1-13-10-18(31-32-23-22(52(39,40)41)11-15-14(24(23)35)4-6-19(34)26(15)53(42,43)44)21(49-8-3-9-51(36,37)38)12-17(13)30-33-28-29-16-5-7-20(48-2)27(25(16)50-28)54(45,46)47;;;;/h4-7,10-12,34-35H,3,8-9H2,1-2H3,(H,36,37,38)(H,39,40,41)(H,42,43,44)(H,45,46,47);;;;/q;4*+1/p-4. The summed E-state index contributed by atoms with van der Waals surface area (Å²) >= 11 is 0.735. The van der Waals surface area contributed by atoms with Gasteiger partial charge in [-0.2, -0.15) is 16.8 Å². The zero-order valence-electron chi connectivity index (χ0n) is 31.0. The third-order valence-corrected chi connectivity index (χ3v) is 11.8. The number of hydrogen-bond acceptors (Lipinski definition) is 20. The molecule has 30 heteroatoms. The summed E-state index contributed by atoms with van der Waals surface area (Å²) in [5.41, 5.74) is -0.971. The minimum absolute atomic E-state index is 0. The smallest absolute Gasteiger partial charge is 0.872 e. The summed E-state index contributed by atoms with van der Waals surface area (Å²) in [4.78, 5) is 0.889. The van der Waals surface area contributed by atoms with Crippen LogP contribution < -0.4 is 95.1 Å². The Balaban J connectivity index is 0.00000420. The molecule has 5 aromatic rings. The Morgan fingerprint density at radius 3 is 1.95 bits per heavy atom. The quantitative estimate of drug-likeness (QED) is 0.0480. The number of azo groups is 2. The van der Waals surface area contributed by atoms with E-state index in [1.807, 2.05) is 0 Å². The zero-order chi connectivity index (χ0) is 40.0. The second-order valence-electron chi connectivity index (χ2n) is 10.9. The number of thiazole rings is 1. The van der Waals surface area contributed by atoms with E-state index < -0.39 is 95.5 Å². The Morgan fingerprint density at radius 2 is 1.38 bits per heavy atom. The number of ether oxygens (including phenoxy) is 2. The van der Waals surface area contributed by atoms with E-state index in [2.05, 4.69) is 25.4 Å². The van der Waals surface area contributed by atoms with Crippen LogP contribution in [0.4, 0.5) is 22.2 Å². The molecule has 2 N–H and O–H groups in total. The Labute approximate surface area is 382 Å². The van der Waals surface area contributed by atoms with Crippen molar-refractivity contribution in [1.82, 2.24) is 4.98 Å². The van der Waals surface area contributed by atoms with E-state index in [0.29, 0.717) is 12.1 Å². The van der Waals surface area contributed by atoms with E-state index in [1.54, 1.807) is 0 Å². The third-order valence-electron chi connectivity index (χ3n) is 7.17. The van der Waals surface area contributed by atoms with Crippen LogP contribution in [0.3, 0.4) is 0 Å². The van der Waals surface area contributed by atoms with Gasteiger partial charge >= 0.3 is 75.4 Å². The van der Waals surface area contributed by atoms with Crippen LogP contribution in [0.1, 0.15) is 12.0 Å². The van der Waals surface area contributed by atoms with Crippen LogP contribution in [0.5, 0.6) is 23.0 Å². The van der Waals surface area contributed by atoms with Crippen molar-refractivity contribution in [2.24, 2.45) is 20.5 Å².